The number of hydrogen-bond acceptors (Lipinski definition) is 2. The van der Waals surface area contributed by atoms with E-state index >= 15 is 0 Å². The predicted octanol–water partition coefficient (Wildman–Crippen LogP) is 4.12. The minimum Gasteiger partial charge on any atom is -0.487 e. The molecule has 2 unspecified atom stereocenters. The van der Waals surface area contributed by atoms with Crippen molar-refractivity contribution in [3.63, 3.8) is 0 Å². The summed E-state index contributed by atoms with van der Waals surface area (Å²) in [7, 11) is 0. The van der Waals surface area contributed by atoms with Gasteiger partial charge in [-0.1, -0.05) is 31.0 Å². The number of nitrogens with two attached hydrogens (primary N) is 1. The lowest BCUT2D eigenvalue weighted by molar-refractivity contribution is 0.0205. The number of ether oxygens (including phenoxy) is 1. The van der Waals surface area contributed by atoms with Crippen LogP contribution in [0.2, 0.25) is 0 Å². The number of fused-ring (bicyclic) bond motifs is 1. The number of benzene rings is 1. The topological polar surface area (TPSA) is 35.2 Å². The monoisotopic (exact) mass is 259 g/mol. The Morgan fingerprint density at radius 1 is 1.26 bits per heavy atom. The molecular formula is C17H25NO. The minimum absolute atomic E-state index is 0.00638. The lowest BCUT2D eigenvalue weighted by Crippen LogP contribution is -2.42. The molecule has 0 aromatic heterocycles. The van der Waals surface area contributed by atoms with Crippen molar-refractivity contribution in [3.8, 4) is 5.75 Å². The zero-order valence-corrected chi connectivity index (χ0v) is 12.1. The third-order valence-electron chi connectivity index (χ3n) is 4.91. The first kappa shape index (κ1) is 13.0. The van der Waals surface area contributed by atoms with Gasteiger partial charge in [0.2, 0.25) is 0 Å². The Bertz CT molecular complexity index is 470. The first-order valence-corrected chi connectivity index (χ1v) is 7.63. The molecule has 0 saturated heterocycles. The van der Waals surface area contributed by atoms with E-state index in [9.17, 15) is 0 Å². The molecule has 0 bridgehead atoms. The maximum absolute atomic E-state index is 6.43. The van der Waals surface area contributed by atoms with E-state index in [0.29, 0.717) is 0 Å². The summed E-state index contributed by atoms with van der Waals surface area (Å²) in [6.45, 7) is 4.48. The third kappa shape index (κ3) is 2.51. The van der Waals surface area contributed by atoms with Crippen LogP contribution in [0.1, 0.15) is 62.6 Å². The summed E-state index contributed by atoms with van der Waals surface area (Å²) in [5.41, 5.74) is 8.90. The highest BCUT2D eigenvalue weighted by Gasteiger charge is 2.40. The summed E-state index contributed by atoms with van der Waals surface area (Å²) in [4.78, 5) is 0. The molecule has 0 radical (unpaired) electrons. The highest BCUT2D eigenvalue weighted by Crippen LogP contribution is 2.45. The van der Waals surface area contributed by atoms with Crippen LogP contribution in [0.3, 0.4) is 0 Å². The lowest BCUT2D eigenvalue weighted by Gasteiger charge is -2.41. The molecule has 2 aliphatic rings. The molecule has 3 rings (SSSR count). The second-order valence-corrected chi connectivity index (χ2v) is 6.67. The molecule has 1 heterocycles. The fraction of sp³-hybridized carbons (Fsp3) is 0.647. The Morgan fingerprint density at radius 3 is 2.95 bits per heavy atom. The van der Waals surface area contributed by atoms with Gasteiger partial charge in [0.15, 0.2) is 0 Å². The van der Waals surface area contributed by atoms with Crippen LogP contribution in [0, 0.1) is 12.8 Å². The van der Waals surface area contributed by atoms with Crippen molar-refractivity contribution in [2.24, 2.45) is 11.7 Å². The molecule has 1 aromatic carbocycles. The second-order valence-electron chi connectivity index (χ2n) is 6.67. The molecule has 1 aromatic rings. The Morgan fingerprint density at radius 2 is 2.11 bits per heavy atom. The van der Waals surface area contributed by atoms with Crippen molar-refractivity contribution in [3.05, 3.63) is 29.3 Å². The van der Waals surface area contributed by atoms with Gasteiger partial charge in [-0.05, 0) is 44.6 Å². The van der Waals surface area contributed by atoms with Crippen molar-refractivity contribution in [1.29, 1.82) is 0 Å². The van der Waals surface area contributed by atoms with Crippen molar-refractivity contribution >= 4 is 0 Å². The molecule has 3 atom stereocenters. The summed E-state index contributed by atoms with van der Waals surface area (Å²) >= 11 is 0. The molecule has 104 valence electrons. The van der Waals surface area contributed by atoms with E-state index in [2.05, 4.69) is 32.0 Å². The van der Waals surface area contributed by atoms with Crippen LogP contribution in [0.4, 0.5) is 0 Å². The van der Waals surface area contributed by atoms with Crippen LogP contribution in [0.25, 0.3) is 0 Å². The van der Waals surface area contributed by atoms with Gasteiger partial charge in [0.05, 0.1) is 0 Å². The first-order chi connectivity index (χ1) is 9.08. The van der Waals surface area contributed by atoms with E-state index in [1.807, 2.05) is 0 Å². The van der Waals surface area contributed by atoms with Gasteiger partial charge in [-0.25, -0.2) is 0 Å². The highest BCUT2D eigenvalue weighted by molar-refractivity contribution is 5.41. The number of aryl methyl sites for hydroxylation is 1. The molecule has 2 heteroatoms. The number of rotatable bonds is 0. The first-order valence-electron chi connectivity index (χ1n) is 7.63. The summed E-state index contributed by atoms with van der Waals surface area (Å²) < 4.78 is 6.43. The summed E-state index contributed by atoms with van der Waals surface area (Å²) in [5.74, 6) is 1.86. The molecule has 2 nitrogen and oxygen atoms in total. The van der Waals surface area contributed by atoms with Gasteiger partial charge >= 0.3 is 0 Å². The van der Waals surface area contributed by atoms with Gasteiger partial charge in [-0.15, -0.1) is 0 Å². The molecule has 2 N–H and O–H groups in total. The minimum atomic E-state index is 0.00638. The van der Waals surface area contributed by atoms with E-state index in [1.54, 1.807) is 0 Å². The van der Waals surface area contributed by atoms with Crippen molar-refractivity contribution < 1.29 is 4.74 Å². The standard InChI is InChI=1S/C17H25NO/c1-12-4-3-8-17(9-7-12)11-15(18)14-10-13(2)5-6-16(14)19-17/h5-6,10,12,15H,3-4,7-9,11,18H2,1-2H3/t12?,15-,17?/m1/s1. The molecule has 1 spiro atoms. The normalized spacial score (nSPS) is 34.5. The van der Waals surface area contributed by atoms with Crippen LogP contribution in [0.5, 0.6) is 5.75 Å². The van der Waals surface area contributed by atoms with E-state index in [0.717, 1.165) is 24.5 Å². The maximum Gasteiger partial charge on any atom is 0.124 e. The summed E-state index contributed by atoms with van der Waals surface area (Å²) in [6.07, 6.45) is 7.19. The van der Waals surface area contributed by atoms with E-state index < -0.39 is 0 Å². The third-order valence-corrected chi connectivity index (χ3v) is 4.91. The fourth-order valence-corrected chi connectivity index (χ4v) is 3.69. The maximum atomic E-state index is 6.43. The molecule has 1 fully saturated rings. The molecular weight excluding hydrogens is 234 g/mol. The van der Waals surface area contributed by atoms with Crippen LogP contribution in [0.15, 0.2) is 18.2 Å². The Kier molecular flexibility index (Phi) is 3.30. The van der Waals surface area contributed by atoms with Gasteiger partial charge in [0, 0.05) is 18.0 Å². The van der Waals surface area contributed by atoms with Crippen molar-refractivity contribution in [2.75, 3.05) is 0 Å². The SMILES string of the molecule is Cc1ccc2c(c1)[C@H](N)CC1(CCCC(C)CC1)O2. The summed E-state index contributed by atoms with van der Waals surface area (Å²) in [6, 6.07) is 6.56. The van der Waals surface area contributed by atoms with Crippen molar-refractivity contribution in [1.82, 2.24) is 0 Å². The zero-order valence-electron chi connectivity index (χ0n) is 12.1. The van der Waals surface area contributed by atoms with Crippen molar-refractivity contribution in [2.45, 2.75) is 64.0 Å². The average molecular weight is 259 g/mol. The highest BCUT2D eigenvalue weighted by atomic mass is 16.5. The van der Waals surface area contributed by atoms with E-state index in [-0.39, 0.29) is 11.6 Å². The molecule has 1 saturated carbocycles. The summed E-state index contributed by atoms with van der Waals surface area (Å²) in [5, 5.41) is 0. The van der Waals surface area contributed by atoms with Gasteiger partial charge in [0.1, 0.15) is 11.4 Å². The van der Waals surface area contributed by atoms with Crippen LogP contribution < -0.4 is 10.5 Å². The van der Waals surface area contributed by atoms with Gasteiger partial charge < -0.3 is 10.5 Å². The van der Waals surface area contributed by atoms with Crippen LogP contribution in [-0.4, -0.2) is 5.60 Å². The molecule has 19 heavy (non-hydrogen) atoms. The lowest BCUT2D eigenvalue weighted by atomic mass is 9.82. The zero-order chi connectivity index (χ0) is 13.5. The second kappa shape index (κ2) is 4.82. The predicted molar refractivity (Wildman–Crippen MR) is 78.3 cm³/mol. The molecule has 0 amide bonds. The van der Waals surface area contributed by atoms with Gasteiger partial charge in [-0.3, -0.25) is 0 Å². The molecule has 1 aliphatic heterocycles. The van der Waals surface area contributed by atoms with E-state index in [1.165, 1.54) is 36.8 Å². The van der Waals surface area contributed by atoms with Gasteiger partial charge in [0.25, 0.3) is 0 Å². The Labute approximate surface area is 116 Å². The number of hydrogen-bond donors (Lipinski definition) is 1. The smallest absolute Gasteiger partial charge is 0.124 e. The molecule has 1 aliphatic carbocycles. The van der Waals surface area contributed by atoms with Crippen LogP contribution in [-0.2, 0) is 0 Å². The van der Waals surface area contributed by atoms with Crippen LogP contribution >= 0.6 is 0 Å². The van der Waals surface area contributed by atoms with E-state index in [4.69, 9.17) is 10.5 Å². The Hall–Kier alpha value is -1.02. The Balaban J connectivity index is 1.89. The largest absolute Gasteiger partial charge is 0.487 e. The average Bonchev–Trinajstić information content (AvgIpc) is 2.54. The van der Waals surface area contributed by atoms with Gasteiger partial charge in [-0.2, -0.15) is 0 Å². The fourth-order valence-electron chi connectivity index (χ4n) is 3.69. The quantitative estimate of drug-likeness (QED) is 0.760.